The van der Waals surface area contributed by atoms with Crippen molar-refractivity contribution in [3.63, 3.8) is 0 Å². The van der Waals surface area contributed by atoms with E-state index in [1.54, 1.807) is 90.1 Å². The summed E-state index contributed by atoms with van der Waals surface area (Å²) in [5, 5.41) is 0. The van der Waals surface area contributed by atoms with Gasteiger partial charge in [-0.15, -0.1) is 0 Å². The topological polar surface area (TPSA) is 130 Å². The third kappa shape index (κ3) is 10.8. The Labute approximate surface area is 246 Å². The molecule has 12 heteroatoms. The lowest BCUT2D eigenvalue weighted by molar-refractivity contribution is -0.139. The molecule has 42 heavy (non-hydrogen) atoms. The summed E-state index contributed by atoms with van der Waals surface area (Å²) >= 11 is 0. The van der Waals surface area contributed by atoms with Gasteiger partial charge in [0.2, 0.25) is 0 Å². The Morgan fingerprint density at radius 1 is 0.595 bits per heavy atom. The van der Waals surface area contributed by atoms with Crippen LogP contribution in [0, 0.1) is 0 Å². The summed E-state index contributed by atoms with van der Waals surface area (Å²) in [6.45, 7) is 9.56. The van der Waals surface area contributed by atoms with Crippen molar-refractivity contribution in [3.05, 3.63) is 48.5 Å². The molecule has 0 radical (unpaired) electrons. The second kappa shape index (κ2) is 14.9. The summed E-state index contributed by atoms with van der Waals surface area (Å²) in [4.78, 5) is 52.4. The second-order valence-corrected chi connectivity index (χ2v) is 10.9. The molecule has 0 aliphatic heterocycles. The maximum atomic E-state index is 13.0. The van der Waals surface area contributed by atoms with Gasteiger partial charge < -0.3 is 28.4 Å². The molecule has 0 spiro atoms. The van der Waals surface area contributed by atoms with Crippen LogP contribution in [-0.2, 0) is 28.5 Å². The van der Waals surface area contributed by atoms with Gasteiger partial charge in [-0.3, -0.25) is 19.4 Å². The minimum absolute atomic E-state index is 0.0230. The molecule has 2 rings (SSSR count). The van der Waals surface area contributed by atoms with Gasteiger partial charge in [0, 0.05) is 0 Å². The number of carbonyl (C=O) groups is 4. The normalized spacial score (nSPS) is 11.1. The molecule has 0 heterocycles. The predicted molar refractivity (Wildman–Crippen MR) is 155 cm³/mol. The number of carbonyl (C=O) groups excluding carboxylic acids is 4. The van der Waals surface area contributed by atoms with E-state index < -0.39 is 48.4 Å². The van der Waals surface area contributed by atoms with E-state index in [0.717, 1.165) is 9.80 Å². The molecular weight excluding hydrogens is 548 g/mol. The van der Waals surface area contributed by atoms with E-state index in [9.17, 15) is 19.2 Å². The lowest BCUT2D eigenvalue weighted by Gasteiger charge is -2.28. The molecular formula is C30H40N2O10. The van der Waals surface area contributed by atoms with Crippen molar-refractivity contribution >= 4 is 35.5 Å². The van der Waals surface area contributed by atoms with Crippen LogP contribution < -0.4 is 19.3 Å². The van der Waals surface area contributed by atoms with E-state index in [2.05, 4.69) is 0 Å². The van der Waals surface area contributed by atoms with Crippen molar-refractivity contribution in [1.82, 2.24) is 0 Å². The summed E-state index contributed by atoms with van der Waals surface area (Å²) < 4.78 is 32.3. The number of para-hydroxylation sites is 4. The van der Waals surface area contributed by atoms with E-state index >= 15 is 0 Å². The zero-order valence-electron chi connectivity index (χ0n) is 25.4. The Balaban J connectivity index is 2.23. The number of rotatable bonds is 11. The third-order valence-electron chi connectivity index (χ3n) is 5.17. The average Bonchev–Trinajstić information content (AvgIpc) is 2.91. The van der Waals surface area contributed by atoms with Gasteiger partial charge in [0.05, 0.1) is 25.6 Å². The average molecular weight is 589 g/mol. The van der Waals surface area contributed by atoms with Gasteiger partial charge in [0.15, 0.2) is 0 Å². The van der Waals surface area contributed by atoms with Gasteiger partial charge in [-0.2, -0.15) is 0 Å². The molecule has 2 aromatic rings. The number of hydrogen-bond acceptors (Lipinski definition) is 10. The van der Waals surface area contributed by atoms with Crippen LogP contribution in [0.5, 0.6) is 11.5 Å². The van der Waals surface area contributed by atoms with Crippen LogP contribution in [0.1, 0.15) is 41.5 Å². The Hall–Kier alpha value is -4.48. The van der Waals surface area contributed by atoms with Crippen molar-refractivity contribution in [2.45, 2.75) is 52.7 Å². The number of amides is 2. The van der Waals surface area contributed by atoms with Crippen LogP contribution in [0.4, 0.5) is 21.0 Å². The van der Waals surface area contributed by atoms with Gasteiger partial charge in [-0.05, 0) is 65.8 Å². The van der Waals surface area contributed by atoms with E-state index in [4.69, 9.17) is 28.4 Å². The first-order valence-electron chi connectivity index (χ1n) is 13.2. The zero-order valence-corrected chi connectivity index (χ0v) is 25.4. The van der Waals surface area contributed by atoms with Crippen molar-refractivity contribution in [2.24, 2.45) is 0 Å². The second-order valence-electron chi connectivity index (χ2n) is 10.9. The summed E-state index contributed by atoms with van der Waals surface area (Å²) in [7, 11) is 2.45. The van der Waals surface area contributed by atoms with Gasteiger partial charge in [0.1, 0.15) is 49.0 Å². The maximum absolute atomic E-state index is 13.0. The first-order valence-corrected chi connectivity index (χ1v) is 13.2. The van der Waals surface area contributed by atoms with E-state index in [-0.39, 0.29) is 13.2 Å². The van der Waals surface area contributed by atoms with Gasteiger partial charge in [-0.25, -0.2) is 9.59 Å². The lowest BCUT2D eigenvalue weighted by Crippen LogP contribution is -2.40. The molecule has 0 aliphatic carbocycles. The first kappa shape index (κ1) is 33.7. The van der Waals surface area contributed by atoms with Crippen molar-refractivity contribution in [3.8, 4) is 11.5 Å². The predicted octanol–water partition coefficient (Wildman–Crippen LogP) is 4.97. The van der Waals surface area contributed by atoms with Crippen LogP contribution in [0.3, 0.4) is 0 Å². The largest absolute Gasteiger partial charge is 0.488 e. The quantitative estimate of drug-likeness (QED) is 0.201. The highest BCUT2D eigenvalue weighted by Gasteiger charge is 2.29. The van der Waals surface area contributed by atoms with Crippen LogP contribution in [0.25, 0.3) is 0 Å². The lowest BCUT2D eigenvalue weighted by atomic mass is 10.2. The van der Waals surface area contributed by atoms with E-state index in [1.807, 2.05) is 0 Å². The van der Waals surface area contributed by atoms with Crippen LogP contribution in [0.2, 0.25) is 0 Å². The zero-order chi connectivity index (χ0) is 31.5. The standard InChI is InChI=1S/C30H40N2O10/c1-29(2,3)41-27(35)31(19-25(33)37-7)21-13-9-11-15-23(21)39-17-18-40-24-16-12-10-14-22(24)32(20-26(34)38-8)28(36)42-30(4,5)6/h9-16H,17-20H2,1-8H3. The fraction of sp³-hybridized carbons (Fsp3) is 0.467. The number of hydrogen-bond donors (Lipinski definition) is 0. The van der Waals surface area contributed by atoms with Crippen LogP contribution >= 0.6 is 0 Å². The molecule has 0 saturated carbocycles. The smallest absolute Gasteiger partial charge is 0.415 e. The molecule has 0 aliphatic rings. The van der Waals surface area contributed by atoms with Gasteiger partial charge in [-0.1, -0.05) is 24.3 Å². The highest BCUT2D eigenvalue weighted by atomic mass is 16.6. The molecule has 0 aromatic heterocycles. The van der Waals surface area contributed by atoms with Crippen LogP contribution in [0.15, 0.2) is 48.5 Å². The van der Waals surface area contributed by atoms with Gasteiger partial charge >= 0.3 is 24.1 Å². The van der Waals surface area contributed by atoms with Crippen molar-refractivity contribution in [1.29, 1.82) is 0 Å². The molecule has 2 amide bonds. The number of methoxy groups -OCH3 is 2. The molecule has 0 unspecified atom stereocenters. The Bertz CT molecular complexity index is 1140. The molecule has 12 nitrogen and oxygen atoms in total. The fourth-order valence-corrected chi connectivity index (χ4v) is 3.43. The number of esters is 2. The van der Waals surface area contributed by atoms with Crippen molar-refractivity contribution in [2.75, 3.05) is 50.3 Å². The fourth-order valence-electron chi connectivity index (χ4n) is 3.43. The third-order valence-corrected chi connectivity index (χ3v) is 5.17. The molecule has 230 valence electrons. The molecule has 0 atom stereocenters. The van der Waals surface area contributed by atoms with Gasteiger partial charge in [0.25, 0.3) is 0 Å². The monoisotopic (exact) mass is 588 g/mol. The van der Waals surface area contributed by atoms with Crippen molar-refractivity contribution < 1.29 is 47.6 Å². The number of anilines is 2. The van der Waals surface area contributed by atoms with E-state index in [0.29, 0.717) is 22.9 Å². The molecule has 0 saturated heterocycles. The van der Waals surface area contributed by atoms with Crippen LogP contribution in [-0.4, -0.2) is 75.9 Å². The number of benzene rings is 2. The minimum atomic E-state index is -0.802. The number of ether oxygens (including phenoxy) is 6. The Morgan fingerprint density at radius 2 is 0.929 bits per heavy atom. The summed E-state index contributed by atoms with van der Waals surface area (Å²) in [5.74, 6) is -0.690. The maximum Gasteiger partial charge on any atom is 0.415 e. The molecule has 0 fully saturated rings. The molecule has 0 bridgehead atoms. The summed E-state index contributed by atoms with van der Waals surface area (Å²) in [6.07, 6.45) is -1.50. The highest BCUT2D eigenvalue weighted by Crippen LogP contribution is 2.31. The first-order chi connectivity index (χ1) is 19.6. The molecule has 0 N–H and O–H groups in total. The Kier molecular flexibility index (Phi) is 12.0. The Morgan fingerprint density at radius 3 is 1.24 bits per heavy atom. The highest BCUT2D eigenvalue weighted by molar-refractivity contribution is 5.96. The number of nitrogens with zero attached hydrogens (tertiary/aromatic N) is 2. The summed E-state index contributed by atoms with van der Waals surface area (Å²) in [5.41, 5.74) is -1.01. The minimum Gasteiger partial charge on any atom is -0.488 e. The van der Waals surface area contributed by atoms with E-state index in [1.165, 1.54) is 14.2 Å². The molecule has 2 aromatic carbocycles. The SMILES string of the molecule is COC(=O)CN(C(=O)OC(C)(C)C)c1ccccc1OCCOc1ccccc1N(CC(=O)OC)C(=O)OC(C)(C)C. The summed E-state index contributed by atoms with van der Waals surface area (Å²) in [6, 6.07) is 13.3.